The van der Waals surface area contributed by atoms with Crippen LogP contribution in [0, 0.1) is 5.92 Å². The molecule has 0 amide bonds. The molecule has 1 fully saturated rings. The van der Waals surface area contributed by atoms with E-state index in [2.05, 4.69) is 29.0 Å². The van der Waals surface area contributed by atoms with Gasteiger partial charge in [-0.05, 0) is 39.1 Å². The Morgan fingerprint density at radius 2 is 2.08 bits per heavy atom. The zero-order valence-electron chi connectivity index (χ0n) is 15.2. The predicted molar refractivity (Wildman–Crippen MR) is 102 cm³/mol. The van der Waals surface area contributed by atoms with Crippen molar-refractivity contribution in [3.8, 4) is 5.69 Å². The first kappa shape index (κ1) is 18.9. The summed E-state index contributed by atoms with van der Waals surface area (Å²) in [5, 5.41) is 14.6. The summed E-state index contributed by atoms with van der Waals surface area (Å²) in [7, 11) is 4.11. The van der Waals surface area contributed by atoms with Crippen LogP contribution in [0.15, 0.2) is 36.7 Å². The van der Waals surface area contributed by atoms with Gasteiger partial charge in [-0.3, -0.25) is 9.69 Å². The molecule has 1 aromatic heterocycles. The fourth-order valence-electron chi connectivity index (χ4n) is 3.48. The van der Waals surface area contributed by atoms with Gasteiger partial charge in [-0.15, -0.1) is 0 Å². The van der Waals surface area contributed by atoms with Crippen LogP contribution in [0.3, 0.4) is 0 Å². The Morgan fingerprint density at radius 1 is 1.31 bits per heavy atom. The van der Waals surface area contributed by atoms with Crippen molar-refractivity contribution in [1.29, 1.82) is 0 Å². The molecule has 2 aromatic rings. The Kier molecular flexibility index (Phi) is 5.96. The van der Waals surface area contributed by atoms with E-state index >= 15 is 0 Å². The lowest BCUT2D eigenvalue weighted by molar-refractivity contribution is -0.142. The highest BCUT2D eigenvalue weighted by Gasteiger charge is 2.29. The number of rotatable bonds is 5. The highest BCUT2D eigenvalue weighted by Crippen LogP contribution is 2.23. The van der Waals surface area contributed by atoms with E-state index in [0.717, 1.165) is 24.2 Å². The lowest BCUT2D eigenvalue weighted by Gasteiger charge is -2.28. The molecule has 0 unspecified atom stereocenters. The topological polar surface area (TPSA) is 61.6 Å². The van der Waals surface area contributed by atoms with Gasteiger partial charge in [0, 0.05) is 37.4 Å². The van der Waals surface area contributed by atoms with E-state index in [9.17, 15) is 9.90 Å². The van der Waals surface area contributed by atoms with Gasteiger partial charge < -0.3 is 10.0 Å². The van der Waals surface area contributed by atoms with Crippen molar-refractivity contribution in [2.24, 2.45) is 5.92 Å². The third-order valence-corrected chi connectivity index (χ3v) is 5.34. The second-order valence-electron chi connectivity index (χ2n) is 7.17. The first-order valence-electron chi connectivity index (χ1n) is 8.84. The van der Waals surface area contributed by atoms with Gasteiger partial charge in [-0.2, -0.15) is 5.10 Å². The summed E-state index contributed by atoms with van der Waals surface area (Å²) in [5.41, 5.74) is 1.89. The minimum absolute atomic E-state index is 0.321. The number of likely N-dealkylation sites (tertiary alicyclic amines) is 1. The second-order valence-corrected chi connectivity index (χ2v) is 7.58. The van der Waals surface area contributed by atoms with Crippen LogP contribution in [-0.4, -0.2) is 63.9 Å². The molecule has 26 heavy (non-hydrogen) atoms. The molecule has 1 aromatic carbocycles. The van der Waals surface area contributed by atoms with Crippen LogP contribution in [0.2, 0.25) is 5.02 Å². The molecule has 0 radical (unpaired) electrons. The quantitative estimate of drug-likeness (QED) is 0.869. The average Bonchev–Trinajstić information content (AvgIpc) is 2.93. The number of carboxylic acids is 1. The summed E-state index contributed by atoms with van der Waals surface area (Å²) in [6, 6.07) is 7.94. The van der Waals surface area contributed by atoms with Crippen LogP contribution < -0.4 is 0 Å². The summed E-state index contributed by atoms with van der Waals surface area (Å²) in [4.78, 5) is 15.9. The van der Waals surface area contributed by atoms with Crippen molar-refractivity contribution in [3.63, 3.8) is 0 Å². The molecular weight excluding hydrogens is 352 g/mol. The van der Waals surface area contributed by atoms with Crippen LogP contribution in [0.4, 0.5) is 0 Å². The third kappa shape index (κ3) is 4.44. The van der Waals surface area contributed by atoms with Crippen LogP contribution in [0.25, 0.3) is 5.69 Å². The standard InChI is InChI=1S/C19H25ClN4O2/c1-22(2)16-8-7-15(19(25)26)12-23(13-16)10-14-9-21-24(11-14)18-6-4-3-5-17(18)20/h3-6,9,11,15-16H,7-8,10,12-13H2,1-2H3,(H,25,26)/t15-,16+/m0/s1. The molecule has 6 nitrogen and oxygen atoms in total. The molecule has 1 N–H and O–H groups in total. The van der Waals surface area contributed by atoms with Gasteiger partial charge in [-0.1, -0.05) is 23.7 Å². The van der Waals surface area contributed by atoms with Gasteiger partial charge in [-0.25, -0.2) is 4.68 Å². The van der Waals surface area contributed by atoms with Gasteiger partial charge in [0.05, 0.1) is 22.8 Å². The normalized spacial score (nSPS) is 21.7. The van der Waals surface area contributed by atoms with Crippen molar-refractivity contribution in [2.45, 2.75) is 25.4 Å². The highest BCUT2D eigenvalue weighted by molar-refractivity contribution is 6.32. The Morgan fingerprint density at radius 3 is 2.77 bits per heavy atom. The van der Waals surface area contributed by atoms with Gasteiger partial charge in [0.25, 0.3) is 0 Å². The molecule has 0 spiro atoms. The number of nitrogens with zero attached hydrogens (tertiary/aromatic N) is 4. The molecule has 7 heteroatoms. The van der Waals surface area contributed by atoms with Crippen LogP contribution >= 0.6 is 11.6 Å². The van der Waals surface area contributed by atoms with Crippen LogP contribution in [-0.2, 0) is 11.3 Å². The molecule has 0 bridgehead atoms. The van der Waals surface area contributed by atoms with Gasteiger partial charge in [0.2, 0.25) is 0 Å². The monoisotopic (exact) mass is 376 g/mol. The summed E-state index contributed by atoms with van der Waals surface area (Å²) in [6.45, 7) is 2.10. The highest BCUT2D eigenvalue weighted by atomic mass is 35.5. The van der Waals surface area contributed by atoms with Crippen molar-refractivity contribution in [1.82, 2.24) is 19.6 Å². The molecule has 0 aliphatic carbocycles. The Bertz CT molecular complexity index is 762. The van der Waals surface area contributed by atoms with E-state index in [0.29, 0.717) is 30.6 Å². The summed E-state index contributed by atoms with van der Waals surface area (Å²) in [6.07, 6.45) is 5.41. The second kappa shape index (κ2) is 8.20. The fourth-order valence-corrected chi connectivity index (χ4v) is 3.70. The smallest absolute Gasteiger partial charge is 0.307 e. The Balaban J connectivity index is 1.76. The number of hydrogen-bond donors (Lipinski definition) is 1. The maximum absolute atomic E-state index is 11.5. The fraction of sp³-hybridized carbons (Fsp3) is 0.474. The van der Waals surface area contributed by atoms with E-state index in [1.807, 2.05) is 36.7 Å². The summed E-state index contributed by atoms with van der Waals surface area (Å²) >= 11 is 6.25. The number of likely N-dealkylation sites (N-methyl/N-ethyl adjacent to an activating group) is 1. The zero-order chi connectivity index (χ0) is 18.7. The molecule has 1 aliphatic heterocycles. The molecule has 0 saturated carbocycles. The number of carbonyl (C=O) groups is 1. The number of benzene rings is 1. The number of aromatic nitrogens is 2. The SMILES string of the molecule is CN(C)[C@@H]1CC[C@H](C(=O)O)CN(Cc2cnn(-c3ccccc3Cl)c2)C1. The lowest BCUT2D eigenvalue weighted by atomic mass is 10.0. The molecular formula is C19H25ClN4O2. The number of carboxylic acid groups (broad SMARTS) is 1. The molecule has 140 valence electrons. The molecule has 2 atom stereocenters. The maximum Gasteiger partial charge on any atom is 0.307 e. The van der Waals surface area contributed by atoms with Crippen molar-refractivity contribution < 1.29 is 9.90 Å². The van der Waals surface area contributed by atoms with Crippen molar-refractivity contribution >= 4 is 17.6 Å². The predicted octanol–water partition coefficient (Wildman–Crippen LogP) is 2.75. The molecule has 1 saturated heterocycles. The minimum atomic E-state index is -0.707. The minimum Gasteiger partial charge on any atom is -0.481 e. The zero-order valence-corrected chi connectivity index (χ0v) is 15.9. The number of para-hydroxylation sites is 1. The number of aliphatic carboxylic acids is 1. The largest absolute Gasteiger partial charge is 0.481 e. The first-order valence-corrected chi connectivity index (χ1v) is 9.22. The van der Waals surface area contributed by atoms with Crippen molar-refractivity contribution in [2.75, 3.05) is 27.2 Å². The number of halogens is 1. The van der Waals surface area contributed by atoms with E-state index < -0.39 is 5.97 Å². The summed E-state index contributed by atoms with van der Waals surface area (Å²) < 4.78 is 1.77. The van der Waals surface area contributed by atoms with E-state index in [1.165, 1.54) is 0 Å². The Labute approximate surface area is 159 Å². The van der Waals surface area contributed by atoms with E-state index in [4.69, 9.17) is 11.6 Å². The van der Waals surface area contributed by atoms with E-state index in [1.54, 1.807) is 4.68 Å². The average molecular weight is 377 g/mol. The Hall–Kier alpha value is -1.89. The number of hydrogen-bond acceptors (Lipinski definition) is 4. The van der Waals surface area contributed by atoms with Gasteiger partial charge in [0.15, 0.2) is 0 Å². The van der Waals surface area contributed by atoms with Gasteiger partial charge >= 0.3 is 5.97 Å². The van der Waals surface area contributed by atoms with Gasteiger partial charge in [0.1, 0.15) is 0 Å². The first-order chi connectivity index (χ1) is 12.4. The van der Waals surface area contributed by atoms with Crippen molar-refractivity contribution in [3.05, 3.63) is 47.2 Å². The van der Waals surface area contributed by atoms with Crippen LogP contribution in [0.1, 0.15) is 18.4 Å². The summed E-state index contributed by atoms with van der Waals surface area (Å²) in [5.74, 6) is -1.03. The maximum atomic E-state index is 11.5. The lowest BCUT2D eigenvalue weighted by Crippen LogP contribution is -2.39. The van der Waals surface area contributed by atoms with Crippen LogP contribution in [0.5, 0.6) is 0 Å². The molecule has 1 aliphatic rings. The third-order valence-electron chi connectivity index (χ3n) is 5.02. The molecule has 3 rings (SSSR count). The molecule has 2 heterocycles. The van der Waals surface area contributed by atoms with E-state index in [-0.39, 0.29) is 5.92 Å².